The highest BCUT2D eigenvalue weighted by molar-refractivity contribution is 7.13. The van der Waals surface area contributed by atoms with Crippen molar-refractivity contribution in [3.63, 3.8) is 0 Å². The lowest BCUT2D eigenvalue weighted by molar-refractivity contribution is -0.140. The number of aliphatic hydroxyl groups is 1. The summed E-state index contributed by atoms with van der Waals surface area (Å²) >= 11 is 8.47. The second-order valence-corrected chi connectivity index (χ2v) is 20.7. The second-order valence-electron chi connectivity index (χ2n) is 19.4. The highest BCUT2D eigenvalue weighted by Gasteiger charge is 2.42. The number of carbonyl (C=O) groups is 4. The first-order valence-corrected chi connectivity index (χ1v) is 26.4. The van der Waals surface area contributed by atoms with Crippen molar-refractivity contribution in [3.8, 4) is 27.3 Å². The number of piperazine rings is 1. The summed E-state index contributed by atoms with van der Waals surface area (Å²) in [7, 11) is 1.70. The minimum Gasteiger partial charge on any atom is -0.508 e. The van der Waals surface area contributed by atoms with Crippen molar-refractivity contribution in [2.75, 3.05) is 63.1 Å². The average Bonchev–Trinajstić information content (AvgIpc) is 4.15. The molecule has 0 saturated carbocycles. The molecule has 2 aliphatic rings. The van der Waals surface area contributed by atoms with Crippen molar-refractivity contribution in [3.05, 3.63) is 112 Å². The van der Waals surface area contributed by atoms with Gasteiger partial charge >= 0.3 is 0 Å². The molecule has 75 heavy (non-hydrogen) atoms. The number of rotatable bonds is 17. The van der Waals surface area contributed by atoms with Crippen LogP contribution in [0.25, 0.3) is 43.2 Å². The first kappa shape index (κ1) is 52.6. The molecule has 2 saturated heterocycles. The van der Waals surface area contributed by atoms with Crippen molar-refractivity contribution in [1.29, 1.82) is 0 Å². The maximum absolute atomic E-state index is 17.1. The normalized spacial score (nSPS) is 16.6. The molecule has 3 aromatic heterocycles. The van der Waals surface area contributed by atoms with E-state index in [0.29, 0.717) is 91.0 Å². The summed E-state index contributed by atoms with van der Waals surface area (Å²) < 4.78 is 22.7. The molecule has 2 fully saturated rings. The first-order chi connectivity index (χ1) is 36.0. The maximum atomic E-state index is 17.1. The van der Waals surface area contributed by atoms with Gasteiger partial charge in [-0.25, -0.2) is 14.4 Å². The van der Waals surface area contributed by atoms with E-state index in [2.05, 4.69) is 25.8 Å². The van der Waals surface area contributed by atoms with Crippen molar-refractivity contribution >= 4 is 80.0 Å². The van der Waals surface area contributed by atoms with Crippen molar-refractivity contribution in [2.24, 2.45) is 0 Å². The zero-order valence-corrected chi connectivity index (χ0v) is 44.1. The second kappa shape index (κ2) is 22.7. The Bertz CT molecular complexity index is 3250. The van der Waals surface area contributed by atoms with Crippen LogP contribution in [0.3, 0.4) is 0 Å². The fourth-order valence-corrected chi connectivity index (χ4v) is 11.2. The van der Waals surface area contributed by atoms with Crippen LogP contribution < -0.4 is 15.5 Å². The van der Waals surface area contributed by atoms with E-state index < -0.39 is 23.9 Å². The Labute approximate surface area is 442 Å². The fourth-order valence-electron chi connectivity index (χ4n) is 10.1. The van der Waals surface area contributed by atoms with Crippen LogP contribution in [-0.2, 0) is 19.2 Å². The molecule has 392 valence electrons. The Morgan fingerprint density at radius 2 is 1.75 bits per heavy atom. The molecular formula is C55H60ClFN10O7S. The third-order valence-electron chi connectivity index (χ3n) is 14.2. The van der Waals surface area contributed by atoms with E-state index in [0.717, 1.165) is 21.7 Å². The minimum absolute atomic E-state index is 0.00130. The lowest BCUT2D eigenvalue weighted by Gasteiger charge is -2.35. The van der Waals surface area contributed by atoms with Crippen LogP contribution in [-0.4, -0.2) is 134 Å². The monoisotopic (exact) mass is 1060 g/mol. The predicted octanol–water partition coefficient (Wildman–Crippen LogP) is 8.40. The lowest BCUT2D eigenvalue weighted by atomic mass is 9.96. The number of β-amino-alcohol motifs (C(OH)–C–C–N with tert-alkyl or cyclic N) is 1. The van der Waals surface area contributed by atoms with Crippen LogP contribution in [0.5, 0.6) is 5.75 Å². The number of halogens is 2. The third kappa shape index (κ3) is 11.5. The molecule has 4 amide bonds. The SMILES string of the molecule is CC(=O)N1CCN(c2nc(NCCC(=O)N(C)CCCCC(C(=O)N3C[C@H](O)C[C@H]3C(=O)N[C@@H](C)c3ccc(-c4scnc4C)cc3)c3cc(C)no3)nc3c(F)c(-c4cc(O)cc5ccccc45)c(Cl)cc23)CC1. The predicted molar refractivity (Wildman–Crippen MR) is 287 cm³/mol. The van der Waals surface area contributed by atoms with Gasteiger partial charge in [0.15, 0.2) is 5.82 Å². The molecule has 4 N–H and O–H groups in total. The summed E-state index contributed by atoms with van der Waals surface area (Å²) in [6, 6.07) is 20.4. The van der Waals surface area contributed by atoms with Crippen molar-refractivity contribution < 1.29 is 38.3 Å². The van der Waals surface area contributed by atoms with Crippen LogP contribution >= 0.6 is 22.9 Å². The number of phenols is 1. The summed E-state index contributed by atoms with van der Waals surface area (Å²) in [5, 5.41) is 33.6. The smallest absolute Gasteiger partial charge is 0.243 e. The van der Waals surface area contributed by atoms with Gasteiger partial charge in [0.05, 0.1) is 44.9 Å². The van der Waals surface area contributed by atoms with Crippen molar-refractivity contribution in [1.82, 2.24) is 40.1 Å². The number of aliphatic hydroxyl groups excluding tert-OH is 1. The van der Waals surface area contributed by atoms with Crippen LogP contribution in [0.4, 0.5) is 16.2 Å². The van der Waals surface area contributed by atoms with Gasteiger partial charge in [-0.3, -0.25) is 19.2 Å². The molecule has 0 spiro atoms. The number of fused-ring (bicyclic) bond motifs is 2. The Hall–Kier alpha value is -7.22. The lowest BCUT2D eigenvalue weighted by Crippen LogP contribution is -2.48. The zero-order valence-electron chi connectivity index (χ0n) is 42.5. The number of anilines is 2. The first-order valence-electron chi connectivity index (χ1n) is 25.2. The fraction of sp³-hybridized carbons (Fsp3) is 0.382. The quantitative estimate of drug-likeness (QED) is 0.0633. The van der Waals surface area contributed by atoms with Gasteiger partial charge in [0.1, 0.15) is 28.9 Å². The van der Waals surface area contributed by atoms with Gasteiger partial charge in [-0.05, 0) is 79.3 Å². The zero-order chi connectivity index (χ0) is 53.1. The number of phenolic OH excluding ortho intramolecular Hbond substituents is 1. The number of hydrogen-bond donors (Lipinski definition) is 4. The van der Waals surface area contributed by atoms with E-state index in [1.165, 1.54) is 17.9 Å². The number of hydrogen-bond acceptors (Lipinski definition) is 14. The van der Waals surface area contributed by atoms with E-state index >= 15 is 4.39 Å². The molecule has 2 aliphatic heterocycles. The molecule has 7 aromatic rings. The van der Waals surface area contributed by atoms with E-state index in [4.69, 9.17) is 21.1 Å². The number of aromatic nitrogens is 4. The molecular weight excluding hydrogens is 999 g/mol. The number of nitrogens with one attached hydrogen (secondary N) is 2. The van der Waals surface area contributed by atoms with Gasteiger partial charge in [-0.15, -0.1) is 11.3 Å². The summed E-state index contributed by atoms with van der Waals surface area (Å²) in [5.41, 5.74) is 5.77. The highest BCUT2D eigenvalue weighted by atomic mass is 35.5. The number of unbranched alkanes of at least 4 members (excludes halogenated alkanes) is 1. The van der Waals surface area contributed by atoms with Gasteiger partial charge in [0.2, 0.25) is 29.6 Å². The summed E-state index contributed by atoms with van der Waals surface area (Å²) in [4.78, 5) is 75.6. The average molecular weight is 1060 g/mol. The van der Waals surface area contributed by atoms with Crippen LogP contribution in [0.2, 0.25) is 5.02 Å². The molecule has 9 rings (SSSR count). The molecule has 4 atom stereocenters. The molecule has 0 radical (unpaired) electrons. The largest absolute Gasteiger partial charge is 0.508 e. The number of nitrogens with zero attached hydrogens (tertiary/aromatic N) is 8. The molecule has 0 aliphatic carbocycles. The molecule has 1 unspecified atom stereocenters. The highest BCUT2D eigenvalue weighted by Crippen LogP contribution is 2.43. The van der Waals surface area contributed by atoms with Gasteiger partial charge in [0, 0.05) is 89.6 Å². The number of thiazole rings is 1. The van der Waals surface area contributed by atoms with E-state index in [-0.39, 0.29) is 83.4 Å². The van der Waals surface area contributed by atoms with Crippen LogP contribution in [0.1, 0.15) is 80.6 Å². The molecule has 5 heterocycles. The third-order valence-corrected chi connectivity index (χ3v) is 15.5. The standard InChI is InChI=1S/C55H60ClFN10O7S/c1-31-24-46(74-63-31)41(54(73)67-29-39(70)27-45(67)53(72)60-32(2)35-13-15-36(16-14-35)51-33(3)59-30-75-51)12-8-9-19-64(5)47(71)17-18-58-55-61-50-43(52(62-55)66-22-20-65(21-23-66)34(4)68)28-44(56)48(49(50)57)42-26-38(69)25-37-10-6-7-11-40(37)42/h6-7,10-11,13-16,24-26,28,30,32,39,41,45,69-70H,8-9,12,17-23,27,29H2,1-5H3,(H,60,72)(H,58,61,62)/t32-,39+,41?,45-/m0/s1. The van der Waals surface area contributed by atoms with Gasteiger partial charge < -0.3 is 45.0 Å². The van der Waals surface area contributed by atoms with Gasteiger partial charge in [-0.2, -0.15) is 4.98 Å². The molecule has 17 nitrogen and oxygen atoms in total. The van der Waals surface area contributed by atoms with Crippen LogP contribution in [0.15, 0.2) is 82.8 Å². The number of aromatic hydroxyl groups is 1. The Morgan fingerprint density at radius 1 is 0.987 bits per heavy atom. The van der Waals surface area contributed by atoms with E-state index in [1.807, 2.05) is 72.8 Å². The number of amides is 4. The van der Waals surface area contributed by atoms with E-state index in [1.54, 1.807) is 53.3 Å². The Balaban J connectivity index is 0.837. The number of carbonyl (C=O) groups excluding carboxylic acids is 4. The summed E-state index contributed by atoms with van der Waals surface area (Å²) in [5.74, 6) is -1.56. The summed E-state index contributed by atoms with van der Waals surface area (Å²) in [6.45, 7) is 9.39. The minimum atomic E-state index is -0.895. The van der Waals surface area contributed by atoms with Crippen molar-refractivity contribution in [2.45, 2.75) is 83.9 Å². The molecule has 0 bridgehead atoms. The maximum Gasteiger partial charge on any atom is 0.243 e. The number of likely N-dealkylation sites (tertiary alicyclic amines) is 1. The van der Waals surface area contributed by atoms with Gasteiger partial charge in [-0.1, -0.05) is 71.7 Å². The Kier molecular flexibility index (Phi) is 15.9. The van der Waals surface area contributed by atoms with Gasteiger partial charge in [0.25, 0.3) is 0 Å². The number of aryl methyl sites for hydroxylation is 2. The molecule has 20 heteroatoms. The van der Waals surface area contributed by atoms with Crippen LogP contribution in [0, 0.1) is 19.7 Å². The number of benzene rings is 4. The summed E-state index contributed by atoms with van der Waals surface area (Å²) in [6.07, 6.45) is 0.682. The van der Waals surface area contributed by atoms with E-state index in [9.17, 15) is 29.4 Å². The topological polar surface area (TPSA) is 210 Å². The Morgan fingerprint density at radius 3 is 2.45 bits per heavy atom. The molecule has 4 aromatic carbocycles.